The SMILES string of the molecule is C#C[C@]12OC(C[C@]1(C)O)n1c3ccccc3c3c4c(c5c6ccccc6n2c5c31)CNC4=O. The third kappa shape index (κ3) is 1.69. The molecule has 1 unspecified atom stereocenters. The molecule has 1 saturated heterocycles. The molecule has 0 aliphatic carbocycles. The number of aliphatic hydroxyl groups is 1. The lowest BCUT2D eigenvalue weighted by Crippen LogP contribution is -2.49. The average Bonchev–Trinajstić information content (AvgIpc) is 3.49. The molecule has 8 rings (SSSR count). The molecule has 2 aromatic heterocycles. The second-order valence-corrected chi connectivity index (χ2v) is 9.56. The summed E-state index contributed by atoms with van der Waals surface area (Å²) in [7, 11) is 0. The Bertz CT molecular complexity index is 1800. The number of rotatable bonds is 0. The summed E-state index contributed by atoms with van der Waals surface area (Å²) >= 11 is 0. The zero-order valence-electron chi connectivity index (χ0n) is 17.8. The summed E-state index contributed by atoms with van der Waals surface area (Å²) in [6, 6.07) is 16.1. The molecule has 0 spiro atoms. The van der Waals surface area contributed by atoms with E-state index in [1.165, 1.54) is 0 Å². The minimum Gasteiger partial charge on any atom is -0.384 e. The van der Waals surface area contributed by atoms with Crippen LogP contribution in [-0.2, 0) is 17.0 Å². The number of terminal acetylenes is 1. The first-order chi connectivity index (χ1) is 16.0. The van der Waals surface area contributed by atoms with Crippen molar-refractivity contribution in [1.29, 1.82) is 0 Å². The van der Waals surface area contributed by atoms with Gasteiger partial charge in [0.1, 0.15) is 11.8 Å². The molecule has 2 N–H and O–H groups in total. The van der Waals surface area contributed by atoms with Crippen LogP contribution < -0.4 is 5.32 Å². The van der Waals surface area contributed by atoms with Gasteiger partial charge >= 0.3 is 0 Å². The van der Waals surface area contributed by atoms with Gasteiger partial charge in [0, 0.05) is 34.5 Å². The second-order valence-electron chi connectivity index (χ2n) is 9.56. The molecule has 5 aromatic rings. The zero-order chi connectivity index (χ0) is 22.3. The summed E-state index contributed by atoms with van der Waals surface area (Å²) in [5.74, 6) is 2.81. The fourth-order valence-electron chi connectivity index (χ4n) is 6.64. The molecule has 2 bridgehead atoms. The minimum absolute atomic E-state index is 0.0550. The number of aromatic nitrogens is 2. The van der Waals surface area contributed by atoms with Crippen LogP contribution in [0, 0.1) is 12.3 Å². The number of hydrogen-bond donors (Lipinski definition) is 2. The maximum Gasteiger partial charge on any atom is 0.252 e. The molecule has 6 nitrogen and oxygen atoms in total. The van der Waals surface area contributed by atoms with Crippen LogP contribution in [0.25, 0.3) is 43.6 Å². The Morgan fingerprint density at radius 1 is 1.09 bits per heavy atom. The molecule has 3 aromatic carbocycles. The van der Waals surface area contributed by atoms with E-state index in [1.54, 1.807) is 6.92 Å². The second kappa shape index (κ2) is 5.23. The highest BCUT2D eigenvalue weighted by atomic mass is 16.6. The number of fused-ring (bicyclic) bond motifs is 13. The van der Waals surface area contributed by atoms with Crippen LogP contribution in [0.5, 0.6) is 0 Å². The van der Waals surface area contributed by atoms with Crippen LogP contribution in [0.4, 0.5) is 0 Å². The molecule has 5 heterocycles. The van der Waals surface area contributed by atoms with Gasteiger partial charge < -0.3 is 19.7 Å². The van der Waals surface area contributed by atoms with Gasteiger partial charge in [-0.2, -0.15) is 0 Å². The van der Waals surface area contributed by atoms with Crippen molar-refractivity contribution >= 4 is 49.5 Å². The highest BCUT2D eigenvalue weighted by molar-refractivity contribution is 6.31. The average molecular weight is 433 g/mol. The van der Waals surface area contributed by atoms with Crippen LogP contribution in [-0.4, -0.2) is 25.7 Å². The van der Waals surface area contributed by atoms with E-state index in [0.29, 0.717) is 13.0 Å². The molecular formula is C27H19N3O3. The van der Waals surface area contributed by atoms with Crippen molar-refractivity contribution in [3.05, 3.63) is 59.7 Å². The first-order valence-corrected chi connectivity index (χ1v) is 11.2. The van der Waals surface area contributed by atoms with E-state index < -0.39 is 17.6 Å². The van der Waals surface area contributed by atoms with Crippen LogP contribution >= 0.6 is 0 Å². The summed E-state index contributed by atoms with van der Waals surface area (Å²) in [4.78, 5) is 13.2. The third-order valence-corrected chi connectivity index (χ3v) is 7.92. The zero-order valence-corrected chi connectivity index (χ0v) is 17.8. The van der Waals surface area contributed by atoms with Gasteiger partial charge in [0.15, 0.2) is 0 Å². The van der Waals surface area contributed by atoms with Gasteiger partial charge in [0.2, 0.25) is 5.72 Å². The lowest BCUT2D eigenvalue weighted by Gasteiger charge is -2.36. The largest absolute Gasteiger partial charge is 0.384 e. The Labute approximate surface area is 188 Å². The highest BCUT2D eigenvalue weighted by Crippen LogP contribution is 2.57. The van der Waals surface area contributed by atoms with Crippen molar-refractivity contribution in [3.63, 3.8) is 0 Å². The molecule has 6 heteroatoms. The van der Waals surface area contributed by atoms with E-state index in [0.717, 1.165) is 54.7 Å². The summed E-state index contributed by atoms with van der Waals surface area (Å²) in [5, 5.41) is 18.7. The van der Waals surface area contributed by atoms with Gasteiger partial charge in [-0.25, -0.2) is 0 Å². The number of carbonyl (C=O) groups excluding carboxylic acids is 1. The van der Waals surface area contributed by atoms with Gasteiger partial charge in [-0.3, -0.25) is 9.36 Å². The van der Waals surface area contributed by atoms with Gasteiger partial charge in [-0.05, 0) is 30.5 Å². The van der Waals surface area contributed by atoms with Gasteiger partial charge in [-0.1, -0.05) is 36.4 Å². The quantitative estimate of drug-likeness (QED) is 0.361. The summed E-state index contributed by atoms with van der Waals surface area (Å²) < 4.78 is 10.8. The van der Waals surface area contributed by atoms with Gasteiger partial charge in [0.25, 0.3) is 5.91 Å². The number of amides is 1. The molecule has 0 radical (unpaired) electrons. The number of nitrogens with one attached hydrogen (secondary N) is 1. The first kappa shape index (κ1) is 17.7. The standard InChI is InChI=1S/C27H19N3O3/c1-3-27-26(2,32)12-19(33-27)29-17-10-6-4-8-14(17)21-22-16(13-28-25(22)31)20-15-9-5-7-11-18(15)30(27)24(20)23(21)29/h1,4-11,19,32H,12-13H2,2H3,(H,28,31)/t19?,26-,27-/m0/s1. The molecule has 3 aliphatic heterocycles. The molecule has 1 fully saturated rings. The summed E-state index contributed by atoms with van der Waals surface area (Å²) in [6.45, 7) is 2.22. The number of benzene rings is 3. The van der Waals surface area contributed by atoms with Crippen molar-refractivity contribution in [3.8, 4) is 12.3 Å². The molecular weight excluding hydrogens is 414 g/mol. The fraction of sp³-hybridized carbons (Fsp3) is 0.222. The Morgan fingerprint density at radius 3 is 2.55 bits per heavy atom. The van der Waals surface area contributed by atoms with E-state index in [2.05, 4.69) is 27.9 Å². The van der Waals surface area contributed by atoms with E-state index in [1.807, 2.05) is 41.0 Å². The molecule has 3 aliphatic rings. The molecule has 0 saturated carbocycles. The van der Waals surface area contributed by atoms with Gasteiger partial charge in [-0.15, -0.1) is 6.42 Å². The topological polar surface area (TPSA) is 68.4 Å². The number of nitrogens with zero attached hydrogens (tertiary/aromatic N) is 2. The predicted molar refractivity (Wildman–Crippen MR) is 126 cm³/mol. The maximum atomic E-state index is 13.2. The number of carbonyl (C=O) groups is 1. The van der Waals surface area contributed by atoms with Gasteiger partial charge in [0.05, 0.1) is 27.6 Å². The molecule has 160 valence electrons. The number of hydrogen-bond acceptors (Lipinski definition) is 3. The Kier molecular flexibility index (Phi) is 2.81. The van der Waals surface area contributed by atoms with Crippen LogP contribution in [0.15, 0.2) is 48.5 Å². The van der Waals surface area contributed by atoms with E-state index in [4.69, 9.17) is 11.2 Å². The Morgan fingerprint density at radius 2 is 1.79 bits per heavy atom. The maximum absolute atomic E-state index is 13.2. The Hall–Kier alpha value is -3.79. The van der Waals surface area contributed by atoms with Crippen molar-refractivity contribution < 1.29 is 14.6 Å². The predicted octanol–water partition coefficient (Wildman–Crippen LogP) is 4.12. The van der Waals surface area contributed by atoms with Crippen molar-refractivity contribution in [2.24, 2.45) is 0 Å². The number of para-hydroxylation sites is 2. The molecule has 33 heavy (non-hydrogen) atoms. The van der Waals surface area contributed by atoms with Crippen molar-refractivity contribution in [1.82, 2.24) is 14.5 Å². The van der Waals surface area contributed by atoms with Crippen LogP contribution in [0.2, 0.25) is 0 Å². The molecule has 3 atom stereocenters. The monoisotopic (exact) mass is 433 g/mol. The summed E-state index contributed by atoms with van der Waals surface area (Å²) in [6.07, 6.45) is 6.06. The minimum atomic E-state index is -1.38. The lowest BCUT2D eigenvalue weighted by atomic mass is 9.90. The Balaban J connectivity index is 1.81. The third-order valence-electron chi connectivity index (χ3n) is 7.92. The number of ether oxygens (including phenoxy) is 1. The first-order valence-electron chi connectivity index (χ1n) is 11.2. The normalized spacial score (nSPS) is 27.5. The fourth-order valence-corrected chi connectivity index (χ4v) is 6.64. The summed E-state index contributed by atoms with van der Waals surface area (Å²) in [5.41, 5.74) is 2.74. The lowest BCUT2D eigenvalue weighted by molar-refractivity contribution is -0.141. The molecule has 1 amide bonds. The van der Waals surface area contributed by atoms with E-state index in [-0.39, 0.29) is 5.91 Å². The van der Waals surface area contributed by atoms with E-state index in [9.17, 15) is 9.90 Å². The van der Waals surface area contributed by atoms with Crippen molar-refractivity contribution in [2.75, 3.05) is 0 Å². The van der Waals surface area contributed by atoms with Crippen LogP contribution in [0.1, 0.15) is 35.5 Å². The highest BCUT2D eigenvalue weighted by Gasteiger charge is 2.60. The van der Waals surface area contributed by atoms with Crippen LogP contribution in [0.3, 0.4) is 0 Å². The smallest absolute Gasteiger partial charge is 0.252 e. The van der Waals surface area contributed by atoms with E-state index >= 15 is 0 Å². The van der Waals surface area contributed by atoms with Crippen molar-refractivity contribution in [2.45, 2.75) is 37.4 Å².